The first-order valence-corrected chi connectivity index (χ1v) is 15.2. The van der Waals surface area contributed by atoms with Gasteiger partial charge < -0.3 is 48.8 Å². The Labute approximate surface area is 278 Å². The first-order chi connectivity index (χ1) is 23.1. The van der Waals surface area contributed by atoms with Crippen LogP contribution in [0.15, 0.2) is 18.2 Å². The maximum absolute atomic E-state index is 13.8. The van der Waals surface area contributed by atoms with E-state index < -0.39 is 136 Å². The number of carbonyl (C=O) groups excluding carboxylic acids is 6. The van der Waals surface area contributed by atoms with Gasteiger partial charge in [0, 0.05) is 43.9 Å². The molecule has 0 saturated carbocycles. The summed E-state index contributed by atoms with van der Waals surface area (Å²) >= 11 is 0. The largest absolute Gasteiger partial charge is 0.507 e. The minimum atomic E-state index is -2.08. The van der Waals surface area contributed by atoms with Crippen molar-refractivity contribution in [2.75, 3.05) is 13.7 Å². The number of esters is 4. The van der Waals surface area contributed by atoms with Crippen LogP contribution in [0.2, 0.25) is 0 Å². The number of aromatic hydroxyl groups is 3. The second-order valence-electron chi connectivity index (χ2n) is 11.9. The van der Waals surface area contributed by atoms with Crippen LogP contribution in [0.25, 0.3) is 0 Å². The molecule has 2 aliphatic carbocycles. The molecule has 0 aromatic heterocycles. The van der Waals surface area contributed by atoms with Crippen LogP contribution in [-0.2, 0) is 47.6 Å². The zero-order chi connectivity index (χ0) is 36.1. The molecule has 3 aliphatic rings. The van der Waals surface area contributed by atoms with Crippen LogP contribution in [0.3, 0.4) is 0 Å². The number of phenolic OH excluding ortho intramolecular Hbond substituents is 3. The molecule has 2 aromatic rings. The fourth-order valence-electron chi connectivity index (χ4n) is 6.77. The highest BCUT2D eigenvalue weighted by molar-refractivity contribution is 6.31. The second-order valence-corrected chi connectivity index (χ2v) is 11.9. The molecule has 262 valence electrons. The zero-order valence-electron chi connectivity index (χ0n) is 27.0. The lowest BCUT2D eigenvalue weighted by atomic mass is 9.66. The Hall–Kier alpha value is -5.06. The van der Waals surface area contributed by atoms with Gasteiger partial charge in [0.15, 0.2) is 30.4 Å². The molecule has 5 rings (SSSR count). The van der Waals surface area contributed by atoms with Crippen molar-refractivity contribution in [3.8, 4) is 17.2 Å². The van der Waals surface area contributed by atoms with E-state index in [-0.39, 0.29) is 12.0 Å². The lowest BCUT2D eigenvalue weighted by molar-refractivity contribution is -0.296. The van der Waals surface area contributed by atoms with Gasteiger partial charge in [-0.15, -0.1) is 0 Å². The van der Waals surface area contributed by atoms with Gasteiger partial charge in [-0.1, -0.05) is 19.1 Å². The molecule has 2 aromatic carbocycles. The summed E-state index contributed by atoms with van der Waals surface area (Å²) in [7, 11) is 1.03. The molecule has 0 spiro atoms. The van der Waals surface area contributed by atoms with E-state index in [2.05, 4.69) is 0 Å². The summed E-state index contributed by atoms with van der Waals surface area (Å²) in [4.78, 5) is 76.9. The Morgan fingerprint density at radius 3 is 2.04 bits per heavy atom. The van der Waals surface area contributed by atoms with Crippen molar-refractivity contribution < 1.29 is 77.6 Å². The molecule has 0 bridgehead atoms. The van der Waals surface area contributed by atoms with Gasteiger partial charge in [-0.2, -0.15) is 0 Å². The van der Waals surface area contributed by atoms with Gasteiger partial charge in [0.2, 0.25) is 5.78 Å². The maximum atomic E-state index is 13.8. The molecule has 7 atom stereocenters. The molecule has 0 unspecified atom stereocenters. The predicted octanol–water partition coefficient (Wildman–Crippen LogP) is 1.59. The topological polar surface area (TPSA) is 239 Å². The van der Waals surface area contributed by atoms with Crippen LogP contribution in [0, 0.1) is 0 Å². The summed E-state index contributed by atoms with van der Waals surface area (Å²) in [6.45, 7) is 4.25. The average molecular weight is 687 g/mol. The van der Waals surface area contributed by atoms with Gasteiger partial charge in [-0.25, -0.2) is 0 Å². The first-order valence-electron chi connectivity index (χ1n) is 15.2. The summed E-state index contributed by atoms with van der Waals surface area (Å²) in [5.41, 5.74) is -5.09. The maximum Gasteiger partial charge on any atom is 0.316 e. The fourth-order valence-corrected chi connectivity index (χ4v) is 6.77. The van der Waals surface area contributed by atoms with E-state index in [4.69, 9.17) is 28.4 Å². The van der Waals surface area contributed by atoms with Crippen molar-refractivity contribution in [1.29, 1.82) is 0 Å². The molecule has 16 heteroatoms. The van der Waals surface area contributed by atoms with Crippen LogP contribution < -0.4 is 0 Å². The van der Waals surface area contributed by atoms with Gasteiger partial charge in [0.05, 0.1) is 42.1 Å². The van der Waals surface area contributed by atoms with Gasteiger partial charge in [-0.05, 0) is 12.5 Å². The highest BCUT2D eigenvalue weighted by Gasteiger charge is 2.56. The molecule has 4 N–H and O–H groups in total. The SMILES string of the molecule is CC[C@@]1(O)C[C@H](O[C@@H]2OC[C@@H](OC(C)=O)[C@H](OC(C)=O)[C@H]2OC(C)=O)c2c(O)c3c(c(O)c2[C@H]1C(=O)OC)C(=O)c1cccc(O)c1C3=O. The molecule has 49 heavy (non-hydrogen) atoms. The number of phenols is 3. The molecule has 16 nitrogen and oxygen atoms in total. The molecule has 1 aliphatic heterocycles. The summed E-state index contributed by atoms with van der Waals surface area (Å²) in [6, 6.07) is 3.69. The Morgan fingerprint density at radius 2 is 1.45 bits per heavy atom. The third-order valence-electron chi connectivity index (χ3n) is 8.83. The van der Waals surface area contributed by atoms with Gasteiger partial charge in [0.1, 0.15) is 23.2 Å². The lowest BCUT2D eigenvalue weighted by Gasteiger charge is -2.46. The van der Waals surface area contributed by atoms with Crippen LogP contribution in [0.4, 0.5) is 0 Å². The highest BCUT2D eigenvalue weighted by Crippen LogP contribution is 2.57. The third kappa shape index (κ3) is 5.95. The molecule has 1 fully saturated rings. The molecular weight excluding hydrogens is 652 g/mol. The van der Waals surface area contributed by atoms with E-state index >= 15 is 0 Å². The number of carbonyl (C=O) groups is 6. The standard InChI is InChI=1S/C33H34O16/c1-6-33(43)10-17(49-32-30(48-14(4)36)29(47-13(3)35)18(11-45-32)46-12(2)34)20-21(24(33)31(42)44-5)28(41)22-23(27(20)40)26(39)19-15(25(22)38)8-7-9-16(19)37/h7-9,17-18,24,29-30,32,37,40-41,43H,6,10-11H2,1-5H3/t17-,18+,24-,29-,30+,32-,33+/m0/s1. The van der Waals surface area contributed by atoms with E-state index in [0.717, 1.165) is 33.9 Å². The van der Waals surface area contributed by atoms with E-state index in [1.807, 2.05) is 0 Å². The Kier molecular flexibility index (Phi) is 9.42. The summed E-state index contributed by atoms with van der Waals surface area (Å²) < 4.78 is 32.9. The van der Waals surface area contributed by atoms with Gasteiger partial charge in [0.25, 0.3) is 0 Å². The van der Waals surface area contributed by atoms with E-state index in [1.165, 1.54) is 19.1 Å². The van der Waals surface area contributed by atoms with Crippen molar-refractivity contribution in [2.45, 2.75) is 82.8 Å². The number of hydrogen-bond donors (Lipinski definition) is 4. The quantitative estimate of drug-likeness (QED) is 0.157. The van der Waals surface area contributed by atoms with Crippen molar-refractivity contribution >= 4 is 35.4 Å². The second kappa shape index (κ2) is 13.1. The number of fused-ring (bicyclic) bond motifs is 3. The van der Waals surface area contributed by atoms with Crippen LogP contribution in [0.5, 0.6) is 17.2 Å². The van der Waals surface area contributed by atoms with Crippen molar-refractivity contribution in [1.82, 2.24) is 0 Å². The van der Waals surface area contributed by atoms with E-state index in [1.54, 1.807) is 0 Å². The zero-order valence-corrected chi connectivity index (χ0v) is 27.0. The Balaban J connectivity index is 1.72. The number of methoxy groups -OCH3 is 1. The number of rotatable bonds is 7. The minimum Gasteiger partial charge on any atom is -0.507 e. The van der Waals surface area contributed by atoms with Crippen molar-refractivity contribution in [3.05, 3.63) is 51.6 Å². The predicted molar refractivity (Wildman–Crippen MR) is 160 cm³/mol. The minimum absolute atomic E-state index is 0.170. The van der Waals surface area contributed by atoms with Crippen LogP contribution in [-0.4, -0.2) is 99.8 Å². The number of ketones is 2. The smallest absolute Gasteiger partial charge is 0.316 e. The van der Waals surface area contributed by atoms with E-state index in [0.29, 0.717) is 0 Å². The highest BCUT2D eigenvalue weighted by atomic mass is 16.7. The average Bonchev–Trinajstić information content (AvgIpc) is 3.02. The Bertz CT molecular complexity index is 1760. The fraction of sp³-hybridized carbons (Fsp3) is 0.455. The summed E-state index contributed by atoms with van der Waals surface area (Å²) in [6.07, 6.45) is -8.30. The third-order valence-corrected chi connectivity index (χ3v) is 8.83. The lowest BCUT2D eigenvalue weighted by Crippen LogP contribution is -2.58. The van der Waals surface area contributed by atoms with Crippen molar-refractivity contribution in [2.24, 2.45) is 0 Å². The van der Waals surface area contributed by atoms with E-state index in [9.17, 15) is 49.2 Å². The van der Waals surface area contributed by atoms with Crippen LogP contribution in [0.1, 0.15) is 95.5 Å². The molecule has 1 heterocycles. The van der Waals surface area contributed by atoms with Gasteiger partial charge in [-0.3, -0.25) is 28.8 Å². The van der Waals surface area contributed by atoms with Crippen molar-refractivity contribution in [3.63, 3.8) is 0 Å². The summed E-state index contributed by atoms with van der Waals surface area (Å²) in [5.74, 6) is -9.70. The molecular formula is C33H34O16. The number of aliphatic hydroxyl groups is 1. The molecule has 0 amide bonds. The molecule has 1 saturated heterocycles. The summed E-state index contributed by atoms with van der Waals surface area (Å²) in [5, 5.41) is 46.0. The first kappa shape index (κ1) is 35.3. The monoisotopic (exact) mass is 686 g/mol. The normalized spacial score (nSPS) is 27.2. The number of ether oxygens (including phenoxy) is 6. The number of hydrogen-bond acceptors (Lipinski definition) is 16. The molecule has 0 radical (unpaired) electrons. The van der Waals surface area contributed by atoms with Gasteiger partial charge >= 0.3 is 23.9 Å². The van der Waals surface area contributed by atoms with Crippen LogP contribution >= 0.6 is 0 Å². The Morgan fingerprint density at radius 1 is 0.857 bits per heavy atom. The number of benzene rings is 2.